The fourth-order valence-electron chi connectivity index (χ4n) is 3.37. The summed E-state index contributed by atoms with van der Waals surface area (Å²) in [6, 6.07) is 14.4. The van der Waals surface area contributed by atoms with Gasteiger partial charge in [-0.25, -0.2) is 4.79 Å². The number of likely N-dealkylation sites (tertiary alicyclic amines) is 1. The van der Waals surface area contributed by atoms with E-state index in [4.69, 9.17) is 5.73 Å². The van der Waals surface area contributed by atoms with E-state index >= 15 is 0 Å². The molecule has 1 atom stereocenters. The van der Waals surface area contributed by atoms with Gasteiger partial charge in [0.1, 0.15) is 0 Å². The number of carbonyl (C=O) groups excluding carboxylic acids is 2. The van der Waals surface area contributed by atoms with E-state index in [1.54, 1.807) is 12.1 Å². The molecule has 4 N–H and O–H groups in total. The molecule has 6 nitrogen and oxygen atoms in total. The van der Waals surface area contributed by atoms with Crippen LogP contribution in [0.3, 0.4) is 0 Å². The first-order valence-electron chi connectivity index (χ1n) is 9.33. The van der Waals surface area contributed by atoms with Crippen molar-refractivity contribution in [2.24, 2.45) is 5.73 Å². The molecule has 1 heterocycles. The average Bonchev–Trinajstić information content (AvgIpc) is 2.69. The van der Waals surface area contributed by atoms with Crippen molar-refractivity contribution in [2.45, 2.75) is 32.2 Å². The number of amides is 3. The number of para-hydroxylation sites is 1. The summed E-state index contributed by atoms with van der Waals surface area (Å²) in [7, 11) is 0. The molecule has 2 aromatic carbocycles. The van der Waals surface area contributed by atoms with E-state index in [0.29, 0.717) is 23.5 Å². The molecule has 2 aromatic rings. The second-order valence-corrected chi connectivity index (χ2v) is 6.86. The van der Waals surface area contributed by atoms with Gasteiger partial charge in [-0.1, -0.05) is 24.3 Å². The molecule has 3 rings (SSSR count). The van der Waals surface area contributed by atoms with E-state index in [1.165, 1.54) is 0 Å². The summed E-state index contributed by atoms with van der Waals surface area (Å²) in [5.41, 5.74) is 8.63. The highest BCUT2D eigenvalue weighted by Crippen LogP contribution is 2.22. The summed E-state index contributed by atoms with van der Waals surface area (Å²) in [6.07, 6.45) is 3.05. The maximum Gasteiger partial charge on any atom is 0.323 e. The van der Waals surface area contributed by atoms with Gasteiger partial charge in [0.15, 0.2) is 0 Å². The maximum atomic E-state index is 13.0. The van der Waals surface area contributed by atoms with Crippen molar-refractivity contribution in [3.63, 3.8) is 0 Å². The highest BCUT2D eigenvalue weighted by molar-refractivity contribution is 6.02. The second-order valence-electron chi connectivity index (χ2n) is 6.86. The van der Waals surface area contributed by atoms with Gasteiger partial charge in [0.25, 0.3) is 5.91 Å². The van der Waals surface area contributed by atoms with Crippen LogP contribution >= 0.6 is 12.4 Å². The molecular formula is C21H27ClN4O2. The normalized spacial score (nSPS) is 16.1. The Hall–Kier alpha value is -2.57. The molecule has 0 aliphatic carbocycles. The van der Waals surface area contributed by atoms with Crippen LogP contribution in [0.4, 0.5) is 16.2 Å². The molecule has 3 amide bonds. The van der Waals surface area contributed by atoms with Gasteiger partial charge in [-0.15, -0.1) is 12.4 Å². The lowest BCUT2D eigenvalue weighted by Crippen LogP contribution is -2.47. The Labute approximate surface area is 171 Å². The Kier molecular flexibility index (Phi) is 7.84. The van der Waals surface area contributed by atoms with E-state index in [-0.39, 0.29) is 30.4 Å². The van der Waals surface area contributed by atoms with Crippen LogP contribution in [0.15, 0.2) is 48.5 Å². The van der Waals surface area contributed by atoms with Gasteiger partial charge >= 0.3 is 6.03 Å². The lowest BCUT2D eigenvalue weighted by atomic mass is 10.0. The van der Waals surface area contributed by atoms with E-state index in [1.807, 2.05) is 48.2 Å². The van der Waals surface area contributed by atoms with Crippen LogP contribution < -0.4 is 16.4 Å². The maximum absolute atomic E-state index is 13.0. The zero-order valence-electron chi connectivity index (χ0n) is 16.0. The van der Waals surface area contributed by atoms with Crippen LogP contribution in [0.25, 0.3) is 0 Å². The molecule has 1 aliphatic heterocycles. The summed E-state index contributed by atoms with van der Waals surface area (Å²) in [5.74, 6) is -0.0309. The van der Waals surface area contributed by atoms with E-state index in [9.17, 15) is 9.59 Å². The number of rotatable bonds is 4. The highest BCUT2D eigenvalue weighted by Gasteiger charge is 2.26. The lowest BCUT2D eigenvalue weighted by Gasteiger charge is -2.35. The minimum Gasteiger partial charge on any atom is -0.334 e. The standard InChI is InChI=1S/C21H26N4O2.ClH/c1-15-10-11-16(20(26)25-12-6-5-9-18(25)14-22)13-19(15)24-21(27)23-17-7-3-2-4-8-17;/h2-4,7-8,10-11,13,18H,5-6,9,12,14,22H2,1H3,(H2,23,24,27);1H. The third kappa shape index (κ3) is 5.24. The Morgan fingerprint density at radius 2 is 1.86 bits per heavy atom. The monoisotopic (exact) mass is 402 g/mol. The molecule has 28 heavy (non-hydrogen) atoms. The minimum absolute atomic E-state index is 0. The average molecular weight is 403 g/mol. The predicted molar refractivity (Wildman–Crippen MR) is 115 cm³/mol. The zero-order chi connectivity index (χ0) is 19.2. The van der Waals surface area contributed by atoms with Crippen molar-refractivity contribution in [1.82, 2.24) is 4.90 Å². The van der Waals surface area contributed by atoms with E-state index < -0.39 is 0 Å². The van der Waals surface area contributed by atoms with Crippen LogP contribution in [0, 0.1) is 6.92 Å². The number of carbonyl (C=O) groups is 2. The molecular weight excluding hydrogens is 376 g/mol. The molecule has 0 aromatic heterocycles. The summed E-state index contributed by atoms with van der Waals surface area (Å²) < 4.78 is 0. The van der Waals surface area contributed by atoms with Gasteiger partial charge in [0.2, 0.25) is 0 Å². The van der Waals surface area contributed by atoms with Crippen molar-refractivity contribution < 1.29 is 9.59 Å². The van der Waals surface area contributed by atoms with Crippen molar-refractivity contribution in [1.29, 1.82) is 0 Å². The highest BCUT2D eigenvalue weighted by atomic mass is 35.5. The van der Waals surface area contributed by atoms with Crippen LogP contribution in [-0.2, 0) is 0 Å². The Morgan fingerprint density at radius 3 is 2.57 bits per heavy atom. The predicted octanol–water partition coefficient (Wildman–Crippen LogP) is 4.01. The van der Waals surface area contributed by atoms with Gasteiger partial charge in [0.05, 0.1) is 0 Å². The zero-order valence-corrected chi connectivity index (χ0v) is 16.8. The van der Waals surface area contributed by atoms with Crippen LogP contribution in [0.1, 0.15) is 35.2 Å². The molecule has 1 aliphatic rings. The number of nitrogens with one attached hydrogen (secondary N) is 2. The summed E-state index contributed by atoms with van der Waals surface area (Å²) in [6.45, 7) is 3.10. The molecule has 1 fully saturated rings. The van der Waals surface area contributed by atoms with Crippen LogP contribution in [0.2, 0.25) is 0 Å². The lowest BCUT2D eigenvalue weighted by molar-refractivity contribution is 0.0623. The molecule has 0 saturated carbocycles. The number of nitrogens with two attached hydrogens (primary N) is 1. The molecule has 7 heteroatoms. The third-order valence-electron chi connectivity index (χ3n) is 4.92. The Morgan fingerprint density at radius 1 is 1.11 bits per heavy atom. The molecule has 150 valence electrons. The molecule has 0 radical (unpaired) electrons. The largest absolute Gasteiger partial charge is 0.334 e. The number of anilines is 2. The topological polar surface area (TPSA) is 87.5 Å². The Bertz CT molecular complexity index is 813. The van der Waals surface area contributed by atoms with Gasteiger partial charge in [-0.2, -0.15) is 0 Å². The first-order chi connectivity index (χ1) is 13.1. The van der Waals surface area contributed by atoms with E-state index in [0.717, 1.165) is 31.4 Å². The van der Waals surface area contributed by atoms with Crippen LogP contribution in [-0.4, -0.2) is 36.0 Å². The van der Waals surface area contributed by atoms with Gasteiger partial charge in [-0.3, -0.25) is 4.79 Å². The number of benzene rings is 2. The minimum atomic E-state index is -0.341. The first-order valence-corrected chi connectivity index (χ1v) is 9.33. The SMILES string of the molecule is Cc1ccc(C(=O)N2CCCCC2CN)cc1NC(=O)Nc1ccccc1.Cl. The summed E-state index contributed by atoms with van der Waals surface area (Å²) in [5, 5.41) is 5.62. The van der Waals surface area contributed by atoms with Crippen molar-refractivity contribution >= 4 is 35.7 Å². The van der Waals surface area contributed by atoms with Gasteiger partial charge in [0, 0.05) is 36.1 Å². The van der Waals surface area contributed by atoms with Crippen molar-refractivity contribution in [3.05, 3.63) is 59.7 Å². The molecule has 0 bridgehead atoms. The van der Waals surface area contributed by atoms with E-state index in [2.05, 4.69) is 10.6 Å². The number of piperidine rings is 1. The van der Waals surface area contributed by atoms with Crippen LogP contribution in [0.5, 0.6) is 0 Å². The molecule has 1 saturated heterocycles. The smallest absolute Gasteiger partial charge is 0.323 e. The van der Waals surface area contributed by atoms with Gasteiger partial charge < -0.3 is 21.3 Å². The second kappa shape index (κ2) is 10.1. The fraction of sp³-hybridized carbons (Fsp3) is 0.333. The quantitative estimate of drug-likeness (QED) is 0.721. The summed E-state index contributed by atoms with van der Waals surface area (Å²) >= 11 is 0. The number of nitrogens with zero attached hydrogens (tertiary/aromatic N) is 1. The van der Waals surface area contributed by atoms with Gasteiger partial charge in [-0.05, 0) is 56.0 Å². The number of hydrogen-bond acceptors (Lipinski definition) is 3. The number of halogens is 1. The van der Waals surface area contributed by atoms with Crippen molar-refractivity contribution in [2.75, 3.05) is 23.7 Å². The number of hydrogen-bond donors (Lipinski definition) is 3. The van der Waals surface area contributed by atoms with Crippen molar-refractivity contribution in [3.8, 4) is 0 Å². The number of urea groups is 1. The number of aryl methyl sites for hydroxylation is 1. The fourth-order valence-corrected chi connectivity index (χ4v) is 3.37. The molecule has 1 unspecified atom stereocenters. The first kappa shape index (κ1) is 21.7. The molecule has 0 spiro atoms. The summed E-state index contributed by atoms with van der Waals surface area (Å²) in [4.78, 5) is 27.1. The Balaban J connectivity index is 0.00000280. The third-order valence-corrected chi connectivity index (χ3v) is 4.92.